The lowest BCUT2D eigenvalue weighted by Crippen LogP contribution is -2.30. The number of aromatic nitrogens is 6. The van der Waals surface area contributed by atoms with Crippen molar-refractivity contribution in [3.63, 3.8) is 0 Å². The van der Waals surface area contributed by atoms with Gasteiger partial charge < -0.3 is 0 Å². The van der Waals surface area contributed by atoms with Gasteiger partial charge >= 0.3 is 0 Å². The van der Waals surface area contributed by atoms with Crippen molar-refractivity contribution in [2.75, 3.05) is 0 Å². The van der Waals surface area contributed by atoms with E-state index in [9.17, 15) is 0 Å². The van der Waals surface area contributed by atoms with Crippen LogP contribution in [0.25, 0.3) is 33.1 Å². The van der Waals surface area contributed by atoms with E-state index in [1.807, 2.05) is 0 Å². The first-order valence-electron chi connectivity index (χ1n) is 9.80. The van der Waals surface area contributed by atoms with E-state index < -0.39 is 0 Å². The van der Waals surface area contributed by atoms with E-state index in [1.54, 1.807) is 0 Å². The molecule has 0 unspecified atom stereocenters. The van der Waals surface area contributed by atoms with E-state index in [0.717, 1.165) is 59.9 Å². The number of halogens is 6. The van der Waals surface area contributed by atoms with Crippen LogP contribution in [0, 0.1) is 0 Å². The number of benzene rings is 3. The number of hydrogen-bond donors (Lipinski definition) is 0. The summed E-state index contributed by atoms with van der Waals surface area (Å²) in [6.07, 6.45) is 0. The first-order valence-corrected chi connectivity index (χ1v) is 16.8. The average molecular weight is 902 g/mol. The van der Waals surface area contributed by atoms with Crippen LogP contribution >= 0.6 is 131 Å². The molecule has 0 radical (unpaired) electrons. The summed E-state index contributed by atoms with van der Waals surface area (Å²) >= 11 is 27.3. The van der Waals surface area contributed by atoms with E-state index in [-0.39, 0.29) is 11.8 Å². The zero-order valence-electron chi connectivity index (χ0n) is 16.3. The van der Waals surface area contributed by atoms with E-state index in [1.165, 1.54) is 68.6 Å². The minimum atomic E-state index is -0.120. The molecular weight excluding hydrogens is 900 g/mol. The third-order valence-electron chi connectivity index (χ3n) is 6.73. The van der Waals surface area contributed by atoms with Crippen molar-refractivity contribution < 1.29 is 0 Å². The van der Waals surface area contributed by atoms with Crippen LogP contribution in [0.1, 0.15) is 45.2 Å². The lowest BCUT2D eigenvalue weighted by molar-refractivity contribution is 0.739. The van der Waals surface area contributed by atoms with E-state index >= 15 is 0 Å². The molecule has 0 saturated heterocycles. The quantitative estimate of drug-likeness (QED) is 0.151. The Labute approximate surface area is 259 Å². The fourth-order valence-corrected chi connectivity index (χ4v) is 12.2. The van der Waals surface area contributed by atoms with Crippen molar-refractivity contribution >= 4 is 164 Å². The predicted octanol–water partition coefficient (Wildman–Crippen LogP) is 9.26. The summed E-state index contributed by atoms with van der Waals surface area (Å²) in [5.74, 6) is -0.240. The molecule has 9 rings (SSSR count). The highest BCUT2D eigenvalue weighted by Gasteiger charge is 2.50. The normalized spacial score (nSPS) is 18.0. The predicted molar refractivity (Wildman–Crippen MR) is 160 cm³/mol. The van der Waals surface area contributed by atoms with Crippen molar-refractivity contribution in [2.45, 2.75) is 11.8 Å². The summed E-state index contributed by atoms with van der Waals surface area (Å²) in [6, 6.07) is 0. The van der Waals surface area contributed by atoms with Crippen LogP contribution in [0.15, 0.2) is 26.8 Å². The molecule has 2 bridgehead atoms. The van der Waals surface area contributed by atoms with E-state index in [2.05, 4.69) is 122 Å². The van der Waals surface area contributed by atoms with Crippen molar-refractivity contribution in [1.29, 1.82) is 0 Å². The van der Waals surface area contributed by atoms with E-state index in [0.29, 0.717) is 0 Å². The molecule has 0 atom stereocenters. The molecule has 35 heavy (non-hydrogen) atoms. The summed E-state index contributed by atoms with van der Waals surface area (Å²) in [6.45, 7) is 0. The smallest absolute Gasteiger partial charge is 0.120 e. The number of nitrogens with zero attached hydrogens (tertiary/aromatic N) is 6. The third-order valence-corrected chi connectivity index (χ3v) is 13.1. The molecule has 6 nitrogen and oxygen atoms in total. The second-order valence-corrected chi connectivity index (χ2v) is 14.5. The molecule has 0 amide bonds. The van der Waals surface area contributed by atoms with Gasteiger partial charge in [0, 0.05) is 11.8 Å². The standard InChI is InChI=1S/C20H2Br6N6S3/c21-9-3-1-4-7(13(25)19-16(10(4)22)28-34-31-19)2(6(3)12(24)18-15(9)27-33-30-18)8-5(1)11(23)17-20(14(8)26)32-35-29-17/h1-2H. The Morgan fingerprint density at radius 1 is 0.343 bits per heavy atom. The van der Waals surface area contributed by atoms with Crippen LogP contribution in [-0.4, -0.2) is 26.2 Å². The van der Waals surface area contributed by atoms with Crippen LogP contribution in [0.4, 0.5) is 0 Å². The highest BCUT2D eigenvalue weighted by Crippen LogP contribution is 2.66. The molecule has 0 N–H and O–H groups in total. The van der Waals surface area contributed by atoms with Gasteiger partial charge in [-0.05, 0) is 129 Å². The van der Waals surface area contributed by atoms with Crippen molar-refractivity contribution in [1.82, 2.24) is 26.2 Å². The molecule has 0 fully saturated rings. The molecule has 3 heterocycles. The largest absolute Gasteiger partial charge is 0.172 e. The molecule has 3 aliphatic rings. The second-order valence-electron chi connectivity index (χ2n) is 8.12. The Balaban J connectivity index is 1.66. The molecule has 0 saturated carbocycles. The minimum absolute atomic E-state index is 0.120. The molecule has 3 aliphatic carbocycles. The van der Waals surface area contributed by atoms with Gasteiger partial charge in [-0.2, -0.15) is 26.2 Å². The minimum Gasteiger partial charge on any atom is -0.172 e. The van der Waals surface area contributed by atoms with Gasteiger partial charge in [-0.1, -0.05) is 0 Å². The number of fused-ring (bicyclic) bond motifs is 3. The monoisotopic (exact) mass is 895 g/mol. The Kier molecular flexibility index (Phi) is 5.10. The van der Waals surface area contributed by atoms with Gasteiger partial charge in [0.15, 0.2) is 0 Å². The van der Waals surface area contributed by atoms with Crippen LogP contribution in [0.5, 0.6) is 0 Å². The van der Waals surface area contributed by atoms with Crippen LogP contribution in [-0.2, 0) is 0 Å². The Bertz CT molecular complexity index is 1610. The Morgan fingerprint density at radius 2 is 0.514 bits per heavy atom. The molecule has 0 spiro atoms. The van der Waals surface area contributed by atoms with Gasteiger partial charge in [0.05, 0.1) is 62.0 Å². The second kappa shape index (κ2) is 7.78. The first kappa shape index (κ1) is 22.9. The summed E-state index contributed by atoms with van der Waals surface area (Å²) in [5.41, 5.74) is 12.2. The highest BCUT2D eigenvalue weighted by molar-refractivity contribution is 9.11. The van der Waals surface area contributed by atoms with Gasteiger partial charge in [-0.15, -0.1) is 0 Å². The van der Waals surface area contributed by atoms with Gasteiger partial charge in [-0.25, -0.2) is 0 Å². The molecule has 3 aromatic carbocycles. The highest BCUT2D eigenvalue weighted by atomic mass is 79.9. The zero-order chi connectivity index (χ0) is 23.9. The zero-order valence-corrected chi connectivity index (χ0v) is 28.3. The van der Waals surface area contributed by atoms with Gasteiger partial charge in [0.2, 0.25) is 0 Å². The lowest BCUT2D eigenvalue weighted by Gasteiger charge is -2.45. The van der Waals surface area contributed by atoms with E-state index in [4.69, 9.17) is 0 Å². The van der Waals surface area contributed by atoms with Crippen molar-refractivity contribution in [2.24, 2.45) is 0 Å². The summed E-state index contributed by atoms with van der Waals surface area (Å²) < 4.78 is 33.5. The summed E-state index contributed by atoms with van der Waals surface area (Å²) in [4.78, 5) is 0. The fraction of sp³-hybridized carbons (Fsp3) is 0.100. The maximum absolute atomic E-state index is 4.62. The topological polar surface area (TPSA) is 77.3 Å². The van der Waals surface area contributed by atoms with Gasteiger partial charge in [-0.3, -0.25) is 0 Å². The summed E-state index contributed by atoms with van der Waals surface area (Å²) in [5, 5.41) is 0. The number of hydrogen-bond acceptors (Lipinski definition) is 9. The Hall–Kier alpha value is -0.000000000000000222. The first-order chi connectivity index (χ1) is 16.9. The molecule has 0 aliphatic heterocycles. The van der Waals surface area contributed by atoms with Gasteiger partial charge in [0.1, 0.15) is 33.1 Å². The van der Waals surface area contributed by atoms with Crippen molar-refractivity contribution in [3.05, 3.63) is 60.2 Å². The molecule has 6 aromatic rings. The average Bonchev–Trinajstić information content (AvgIpc) is 3.63. The molecular formula is C20H2Br6N6S3. The van der Waals surface area contributed by atoms with Crippen molar-refractivity contribution in [3.8, 4) is 0 Å². The van der Waals surface area contributed by atoms with Crippen LogP contribution in [0.3, 0.4) is 0 Å². The molecule has 172 valence electrons. The number of rotatable bonds is 0. The third kappa shape index (κ3) is 2.68. The maximum atomic E-state index is 4.62. The summed E-state index contributed by atoms with van der Waals surface area (Å²) in [7, 11) is 0. The Morgan fingerprint density at radius 3 is 0.686 bits per heavy atom. The molecule has 3 aromatic heterocycles. The fourth-order valence-electron chi connectivity index (χ4n) is 5.46. The van der Waals surface area contributed by atoms with Crippen LogP contribution in [0.2, 0.25) is 0 Å². The molecule has 15 heteroatoms. The van der Waals surface area contributed by atoms with Crippen LogP contribution < -0.4 is 0 Å². The lowest BCUT2D eigenvalue weighted by atomic mass is 9.60. The maximum Gasteiger partial charge on any atom is 0.120 e. The SMILES string of the molecule is Brc1c2c(c(Br)c3nsnc13)C1c3c(c(Br)c4nsnc4c3Br)C2c2c1c(Br)c1nsnc1c2Br. The van der Waals surface area contributed by atoms with Gasteiger partial charge in [0.25, 0.3) is 0 Å².